The maximum absolute atomic E-state index is 3.81. The van der Waals surface area contributed by atoms with Gasteiger partial charge in [0.15, 0.2) is 0 Å². The Balaban J connectivity index is 1.69. The SMILES string of the molecule is CCCCc1ccc(C23CC(Br)(C2)C3)cc1. The lowest BCUT2D eigenvalue weighted by molar-refractivity contribution is 0.0136. The molecule has 0 spiro atoms. The van der Waals surface area contributed by atoms with Crippen LogP contribution in [-0.2, 0) is 11.8 Å². The molecule has 4 rings (SSSR count). The van der Waals surface area contributed by atoms with Crippen molar-refractivity contribution in [3.8, 4) is 0 Å². The van der Waals surface area contributed by atoms with Crippen LogP contribution in [0.15, 0.2) is 24.3 Å². The number of rotatable bonds is 4. The van der Waals surface area contributed by atoms with Crippen molar-refractivity contribution in [2.24, 2.45) is 0 Å². The van der Waals surface area contributed by atoms with Gasteiger partial charge in [0, 0.05) is 4.32 Å². The standard InChI is InChI=1S/C15H19Br/c1-2-3-4-12-5-7-13(8-6-12)14-9-15(16,10-14)11-14/h5-8H,2-4,9-11H2,1H3. The fourth-order valence-electron chi connectivity index (χ4n) is 3.38. The van der Waals surface area contributed by atoms with Crippen molar-refractivity contribution in [2.45, 2.75) is 55.2 Å². The molecule has 0 saturated heterocycles. The molecule has 0 atom stereocenters. The first-order valence-electron chi connectivity index (χ1n) is 6.44. The lowest BCUT2D eigenvalue weighted by atomic mass is 9.42. The summed E-state index contributed by atoms with van der Waals surface area (Å²) in [5.41, 5.74) is 3.65. The first kappa shape index (κ1) is 10.8. The smallest absolute Gasteiger partial charge is 0.0283 e. The normalized spacial score (nSPS) is 35.4. The molecular weight excluding hydrogens is 260 g/mol. The lowest BCUT2D eigenvalue weighted by Gasteiger charge is -2.68. The molecule has 1 aromatic carbocycles. The van der Waals surface area contributed by atoms with Crippen LogP contribution in [0.5, 0.6) is 0 Å². The highest BCUT2D eigenvalue weighted by Gasteiger charge is 2.66. The molecule has 0 aliphatic heterocycles. The van der Waals surface area contributed by atoms with E-state index in [0.717, 1.165) is 0 Å². The van der Waals surface area contributed by atoms with E-state index in [-0.39, 0.29) is 0 Å². The van der Waals surface area contributed by atoms with Crippen molar-refractivity contribution < 1.29 is 0 Å². The van der Waals surface area contributed by atoms with Crippen LogP contribution in [0.2, 0.25) is 0 Å². The van der Waals surface area contributed by atoms with Crippen molar-refractivity contribution in [1.29, 1.82) is 0 Å². The predicted octanol–water partition coefficient (Wildman–Crippen LogP) is 4.60. The lowest BCUT2D eigenvalue weighted by Crippen LogP contribution is -2.66. The molecule has 0 radical (unpaired) electrons. The highest BCUT2D eigenvalue weighted by molar-refractivity contribution is 9.10. The molecule has 3 saturated carbocycles. The first-order chi connectivity index (χ1) is 7.66. The Kier molecular flexibility index (Phi) is 2.43. The van der Waals surface area contributed by atoms with E-state index in [1.807, 2.05) is 0 Å². The Labute approximate surface area is 107 Å². The van der Waals surface area contributed by atoms with E-state index in [9.17, 15) is 0 Å². The quantitative estimate of drug-likeness (QED) is 0.707. The number of aryl methyl sites for hydroxylation is 1. The number of alkyl halides is 1. The van der Waals surface area contributed by atoms with Gasteiger partial charge in [-0.25, -0.2) is 0 Å². The summed E-state index contributed by atoms with van der Waals surface area (Å²) in [7, 11) is 0. The summed E-state index contributed by atoms with van der Waals surface area (Å²) in [5.74, 6) is 0. The summed E-state index contributed by atoms with van der Waals surface area (Å²) >= 11 is 3.81. The van der Waals surface area contributed by atoms with Gasteiger partial charge in [-0.3, -0.25) is 0 Å². The Morgan fingerprint density at radius 3 is 2.25 bits per heavy atom. The van der Waals surface area contributed by atoms with Gasteiger partial charge in [0.25, 0.3) is 0 Å². The topological polar surface area (TPSA) is 0 Å². The Morgan fingerprint density at radius 2 is 1.75 bits per heavy atom. The number of benzene rings is 1. The van der Waals surface area contributed by atoms with Gasteiger partial charge in [0.2, 0.25) is 0 Å². The van der Waals surface area contributed by atoms with Gasteiger partial charge in [0.1, 0.15) is 0 Å². The second-order valence-electron chi connectivity index (χ2n) is 5.76. The van der Waals surface area contributed by atoms with E-state index in [4.69, 9.17) is 0 Å². The predicted molar refractivity (Wildman–Crippen MR) is 72.2 cm³/mol. The molecule has 0 amide bonds. The van der Waals surface area contributed by atoms with Crippen LogP contribution in [0.25, 0.3) is 0 Å². The zero-order valence-corrected chi connectivity index (χ0v) is 11.5. The van der Waals surface area contributed by atoms with Crippen LogP contribution in [-0.4, -0.2) is 4.32 Å². The summed E-state index contributed by atoms with van der Waals surface area (Å²) in [5, 5.41) is 0. The fourth-order valence-corrected chi connectivity index (χ4v) is 4.99. The highest BCUT2D eigenvalue weighted by atomic mass is 79.9. The van der Waals surface area contributed by atoms with Crippen molar-refractivity contribution in [1.82, 2.24) is 0 Å². The van der Waals surface area contributed by atoms with E-state index in [1.165, 1.54) is 44.1 Å². The molecule has 3 aliphatic carbocycles. The van der Waals surface area contributed by atoms with Crippen molar-refractivity contribution in [3.63, 3.8) is 0 Å². The molecule has 2 bridgehead atoms. The molecule has 3 fully saturated rings. The summed E-state index contributed by atoms with van der Waals surface area (Å²) in [6.45, 7) is 2.26. The molecule has 0 nitrogen and oxygen atoms in total. The molecule has 0 aromatic heterocycles. The molecule has 1 heteroatoms. The maximum Gasteiger partial charge on any atom is 0.0283 e. The van der Waals surface area contributed by atoms with Gasteiger partial charge >= 0.3 is 0 Å². The number of hydrogen-bond acceptors (Lipinski definition) is 0. The van der Waals surface area contributed by atoms with Crippen LogP contribution in [0.3, 0.4) is 0 Å². The van der Waals surface area contributed by atoms with Crippen molar-refractivity contribution in [2.75, 3.05) is 0 Å². The zero-order chi connectivity index (χ0) is 11.2. The van der Waals surface area contributed by atoms with E-state index >= 15 is 0 Å². The maximum atomic E-state index is 3.81. The third kappa shape index (κ3) is 1.55. The molecule has 86 valence electrons. The van der Waals surface area contributed by atoms with Crippen LogP contribution in [0.1, 0.15) is 50.2 Å². The van der Waals surface area contributed by atoms with E-state index in [2.05, 4.69) is 47.1 Å². The van der Waals surface area contributed by atoms with Crippen molar-refractivity contribution in [3.05, 3.63) is 35.4 Å². The minimum Gasteiger partial charge on any atom is -0.0852 e. The Bertz CT molecular complexity index is 371. The van der Waals surface area contributed by atoms with Crippen LogP contribution < -0.4 is 0 Å². The van der Waals surface area contributed by atoms with Crippen LogP contribution in [0, 0.1) is 0 Å². The third-order valence-electron chi connectivity index (χ3n) is 4.35. The Hall–Kier alpha value is -0.300. The highest BCUT2D eigenvalue weighted by Crippen LogP contribution is 2.71. The first-order valence-corrected chi connectivity index (χ1v) is 7.24. The van der Waals surface area contributed by atoms with Crippen molar-refractivity contribution >= 4 is 15.9 Å². The van der Waals surface area contributed by atoms with E-state index < -0.39 is 0 Å². The molecular formula is C15H19Br. The summed E-state index contributed by atoms with van der Waals surface area (Å²) in [6.07, 6.45) is 7.91. The average Bonchev–Trinajstić information content (AvgIpc) is 2.22. The summed E-state index contributed by atoms with van der Waals surface area (Å²) in [4.78, 5) is 0. The zero-order valence-electron chi connectivity index (χ0n) is 9.93. The third-order valence-corrected chi connectivity index (χ3v) is 5.19. The second kappa shape index (κ2) is 3.60. The second-order valence-corrected chi connectivity index (χ2v) is 7.44. The van der Waals surface area contributed by atoms with Gasteiger partial charge in [-0.1, -0.05) is 53.5 Å². The minimum absolute atomic E-state index is 0.536. The van der Waals surface area contributed by atoms with Gasteiger partial charge in [-0.15, -0.1) is 0 Å². The average molecular weight is 279 g/mol. The number of hydrogen-bond donors (Lipinski definition) is 0. The number of halogens is 1. The Morgan fingerprint density at radius 1 is 1.12 bits per heavy atom. The molecule has 0 unspecified atom stereocenters. The molecule has 16 heavy (non-hydrogen) atoms. The van der Waals surface area contributed by atoms with Gasteiger partial charge in [0.05, 0.1) is 0 Å². The summed E-state index contributed by atoms with van der Waals surface area (Å²) in [6, 6.07) is 9.42. The monoisotopic (exact) mass is 278 g/mol. The molecule has 1 aromatic rings. The molecule has 0 heterocycles. The number of unbranched alkanes of at least 4 members (excludes halogenated alkanes) is 1. The van der Waals surface area contributed by atoms with Gasteiger partial charge in [-0.2, -0.15) is 0 Å². The summed E-state index contributed by atoms with van der Waals surface area (Å²) < 4.78 is 0.536. The molecule has 0 N–H and O–H groups in total. The van der Waals surface area contributed by atoms with Gasteiger partial charge in [-0.05, 0) is 48.6 Å². The molecule has 3 aliphatic rings. The van der Waals surface area contributed by atoms with Gasteiger partial charge < -0.3 is 0 Å². The van der Waals surface area contributed by atoms with Crippen LogP contribution in [0.4, 0.5) is 0 Å². The van der Waals surface area contributed by atoms with Crippen LogP contribution >= 0.6 is 15.9 Å². The van der Waals surface area contributed by atoms with E-state index in [1.54, 1.807) is 5.56 Å². The van der Waals surface area contributed by atoms with E-state index in [0.29, 0.717) is 9.74 Å². The fraction of sp³-hybridized carbons (Fsp3) is 0.600. The largest absolute Gasteiger partial charge is 0.0852 e. The minimum atomic E-state index is 0.536.